The first-order valence-electron chi connectivity index (χ1n) is 7.39. The SMILES string of the molecule is Cc1c(C(=O)N[C@@H](C)CN)nnn1-c1cccc2ncccc12. The van der Waals surface area contributed by atoms with E-state index in [0.717, 1.165) is 16.6 Å². The van der Waals surface area contributed by atoms with Crippen molar-refractivity contribution in [1.82, 2.24) is 25.3 Å². The lowest BCUT2D eigenvalue weighted by atomic mass is 10.2. The molecular formula is C16H18N6O. The lowest BCUT2D eigenvalue weighted by Gasteiger charge is -2.10. The van der Waals surface area contributed by atoms with Gasteiger partial charge in [-0.3, -0.25) is 9.78 Å². The van der Waals surface area contributed by atoms with Crippen LogP contribution in [-0.2, 0) is 0 Å². The topological polar surface area (TPSA) is 98.7 Å². The molecular weight excluding hydrogens is 292 g/mol. The largest absolute Gasteiger partial charge is 0.347 e. The summed E-state index contributed by atoms with van der Waals surface area (Å²) in [4.78, 5) is 16.6. The Morgan fingerprint density at radius 2 is 2.17 bits per heavy atom. The van der Waals surface area contributed by atoms with Gasteiger partial charge in [0.25, 0.3) is 5.91 Å². The number of nitrogens with zero attached hydrogens (tertiary/aromatic N) is 4. The van der Waals surface area contributed by atoms with Crippen LogP contribution in [0.5, 0.6) is 0 Å². The Kier molecular flexibility index (Phi) is 4.03. The van der Waals surface area contributed by atoms with Crippen molar-refractivity contribution >= 4 is 16.8 Å². The highest BCUT2D eigenvalue weighted by Gasteiger charge is 2.19. The van der Waals surface area contributed by atoms with E-state index in [-0.39, 0.29) is 11.9 Å². The normalized spacial score (nSPS) is 12.3. The molecule has 3 aromatic rings. The van der Waals surface area contributed by atoms with Gasteiger partial charge in [-0.2, -0.15) is 0 Å². The molecule has 1 amide bonds. The minimum atomic E-state index is -0.273. The Labute approximate surface area is 133 Å². The third-order valence-corrected chi connectivity index (χ3v) is 3.69. The smallest absolute Gasteiger partial charge is 0.274 e. The summed E-state index contributed by atoms with van der Waals surface area (Å²) in [5.74, 6) is -0.273. The van der Waals surface area contributed by atoms with Gasteiger partial charge in [-0.1, -0.05) is 11.3 Å². The maximum Gasteiger partial charge on any atom is 0.274 e. The van der Waals surface area contributed by atoms with Gasteiger partial charge in [0, 0.05) is 24.2 Å². The van der Waals surface area contributed by atoms with Crippen LogP contribution < -0.4 is 11.1 Å². The molecule has 1 atom stereocenters. The average molecular weight is 310 g/mol. The number of fused-ring (bicyclic) bond motifs is 1. The molecule has 0 bridgehead atoms. The number of hydrogen-bond acceptors (Lipinski definition) is 5. The zero-order valence-electron chi connectivity index (χ0n) is 13.0. The molecule has 1 aromatic carbocycles. The quantitative estimate of drug-likeness (QED) is 0.754. The van der Waals surface area contributed by atoms with E-state index in [1.165, 1.54) is 0 Å². The van der Waals surface area contributed by atoms with Crippen molar-refractivity contribution in [3.05, 3.63) is 47.9 Å². The number of amides is 1. The van der Waals surface area contributed by atoms with Gasteiger partial charge in [-0.25, -0.2) is 4.68 Å². The highest BCUT2D eigenvalue weighted by molar-refractivity contribution is 5.94. The molecule has 0 radical (unpaired) electrons. The molecule has 0 aliphatic rings. The average Bonchev–Trinajstić information content (AvgIpc) is 2.95. The second-order valence-corrected chi connectivity index (χ2v) is 5.39. The zero-order chi connectivity index (χ0) is 16.4. The Hall–Kier alpha value is -2.80. The van der Waals surface area contributed by atoms with Crippen molar-refractivity contribution in [2.45, 2.75) is 19.9 Å². The fourth-order valence-electron chi connectivity index (χ4n) is 2.39. The predicted molar refractivity (Wildman–Crippen MR) is 87.4 cm³/mol. The molecule has 2 aromatic heterocycles. The summed E-state index contributed by atoms with van der Waals surface area (Å²) in [5.41, 5.74) is 8.20. The molecule has 0 saturated heterocycles. The van der Waals surface area contributed by atoms with E-state index in [1.807, 2.05) is 44.2 Å². The fourth-order valence-corrected chi connectivity index (χ4v) is 2.39. The van der Waals surface area contributed by atoms with E-state index in [2.05, 4.69) is 20.6 Å². The Morgan fingerprint density at radius 1 is 1.35 bits per heavy atom. The molecule has 0 saturated carbocycles. The van der Waals surface area contributed by atoms with Crippen LogP contribution in [0.3, 0.4) is 0 Å². The highest BCUT2D eigenvalue weighted by atomic mass is 16.2. The summed E-state index contributed by atoms with van der Waals surface area (Å²) in [6, 6.07) is 9.48. The van der Waals surface area contributed by atoms with Crippen molar-refractivity contribution < 1.29 is 4.79 Å². The number of aromatic nitrogens is 4. The number of carbonyl (C=O) groups excluding carboxylic acids is 1. The Bertz CT molecular complexity index is 851. The summed E-state index contributed by atoms with van der Waals surface area (Å²) >= 11 is 0. The van der Waals surface area contributed by atoms with E-state index >= 15 is 0 Å². The third kappa shape index (κ3) is 2.78. The molecule has 23 heavy (non-hydrogen) atoms. The van der Waals surface area contributed by atoms with Gasteiger partial charge >= 0.3 is 0 Å². The minimum absolute atomic E-state index is 0.117. The Morgan fingerprint density at radius 3 is 2.96 bits per heavy atom. The summed E-state index contributed by atoms with van der Waals surface area (Å²) in [6.45, 7) is 4.03. The lowest BCUT2D eigenvalue weighted by Crippen LogP contribution is -2.38. The van der Waals surface area contributed by atoms with Gasteiger partial charge in [0.1, 0.15) is 0 Å². The minimum Gasteiger partial charge on any atom is -0.347 e. The molecule has 0 fully saturated rings. The molecule has 7 nitrogen and oxygen atoms in total. The maximum absolute atomic E-state index is 12.2. The maximum atomic E-state index is 12.2. The van der Waals surface area contributed by atoms with E-state index in [0.29, 0.717) is 17.9 Å². The molecule has 7 heteroatoms. The third-order valence-electron chi connectivity index (χ3n) is 3.69. The lowest BCUT2D eigenvalue weighted by molar-refractivity contribution is 0.0935. The number of hydrogen-bond donors (Lipinski definition) is 2. The van der Waals surface area contributed by atoms with Gasteiger partial charge in [-0.05, 0) is 38.1 Å². The first kappa shape index (κ1) is 15.1. The van der Waals surface area contributed by atoms with E-state index in [4.69, 9.17) is 5.73 Å². The van der Waals surface area contributed by atoms with Crippen molar-refractivity contribution in [3.63, 3.8) is 0 Å². The first-order chi connectivity index (χ1) is 11.1. The van der Waals surface area contributed by atoms with E-state index < -0.39 is 0 Å². The molecule has 0 unspecified atom stereocenters. The fraction of sp³-hybridized carbons (Fsp3) is 0.250. The van der Waals surface area contributed by atoms with Crippen LogP contribution in [-0.4, -0.2) is 38.5 Å². The second kappa shape index (κ2) is 6.13. The standard InChI is InChI=1S/C16H18N6O/c1-10(9-17)19-16(23)15-11(2)22(21-20-15)14-7-3-6-13-12(14)5-4-8-18-13/h3-8,10H,9,17H2,1-2H3,(H,19,23)/t10-/m0/s1. The predicted octanol–water partition coefficient (Wildman–Crippen LogP) is 1.20. The van der Waals surface area contributed by atoms with Crippen molar-refractivity contribution in [2.75, 3.05) is 6.54 Å². The summed E-state index contributed by atoms with van der Waals surface area (Å²) in [7, 11) is 0. The molecule has 3 rings (SSSR count). The van der Waals surface area contributed by atoms with E-state index in [9.17, 15) is 4.79 Å². The number of pyridine rings is 1. The molecule has 2 heterocycles. The number of nitrogens with one attached hydrogen (secondary N) is 1. The van der Waals surface area contributed by atoms with Gasteiger partial charge < -0.3 is 11.1 Å². The van der Waals surface area contributed by atoms with Crippen molar-refractivity contribution in [1.29, 1.82) is 0 Å². The van der Waals surface area contributed by atoms with Crippen LogP contribution in [0.25, 0.3) is 16.6 Å². The molecule has 118 valence electrons. The zero-order valence-corrected chi connectivity index (χ0v) is 13.0. The van der Waals surface area contributed by atoms with Crippen LogP contribution in [0.2, 0.25) is 0 Å². The number of rotatable bonds is 4. The van der Waals surface area contributed by atoms with Crippen LogP contribution in [0, 0.1) is 6.92 Å². The number of benzene rings is 1. The Balaban J connectivity index is 2.03. The monoisotopic (exact) mass is 310 g/mol. The molecule has 0 aliphatic carbocycles. The first-order valence-corrected chi connectivity index (χ1v) is 7.39. The van der Waals surface area contributed by atoms with Gasteiger partial charge in [0.15, 0.2) is 5.69 Å². The van der Waals surface area contributed by atoms with Crippen LogP contribution in [0.15, 0.2) is 36.5 Å². The van der Waals surface area contributed by atoms with E-state index in [1.54, 1.807) is 10.9 Å². The van der Waals surface area contributed by atoms with Crippen LogP contribution in [0.4, 0.5) is 0 Å². The molecule has 3 N–H and O–H groups in total. The summed E-state index contributed by atoms with van der Waals surface area (Å²) in [5, 5.41) is 11.9. The van der Waals surface area contributed by atoms with Gasteiger partial charge in [-0.15, -0.1) is 5.10 Å². The molecule has 0 spiro atoms. The number of carbonyl (C=O) groups is 1. The van der Waals surface area contributed by atoms with Crippen LogP contribution >= 0.6 is 0 Å². The van der Waals surface area contributed by atoms with Crippen molar-refractivity contribution in [2.24, 2.45) is 5.73 Å². The van der Waals surface area contributed by atoms with Crippen LogP contribution in [0.1, 0.15) is 23.1 Å². The van der Waals surface area contributed by atoms with Gasteiger partial charge in [0.05, 0.1) is 16.9 Å². The number of nitrogens with two attached hydrogens (primary N) is 1. The van der Waals surface area contributed by atoms with Gasteiger partial charge in [0.2, 0.25) is 0 Å². The highest BCUT2D eigenvalue weighted by Crippen LogP contribution is 2.21. The molecule has 0 aliphatic heterocycles. The van der Waals surface area contributed by atoms with Crippen molar-refractivity contribution in [3.8, 4) is 5.69 Å². The summed E-state index contributed by atoms with van der Waals surface area (Å²) < 4.78 is 1.66. The summed E-state index contributed by atoms with van der Waals surface area (Å²) in [6.07, 6.45) is 1.74. The second-order valence-electron chi connectivity index (χ2n) is 5.39.